The Bertz CT molecular complexity index is 850. The molecule has 6 nitrogen and oxygen atoms in total. The van der Waals surface area contributed by atoms with E-state index < -0.39 is 0 Å². The van der Waals surface area contributed by atoms with Gasteiger partial charge in [0.05, 0.1) is 29.6 Å². The van der Waals surface area contributed by atoms with Crippen LogP contribution in [0.5, 0.6) is 17.2 Å². The van der Waals surface area contributed by atoms with Crippen molar-refractivity contribution >= 4 is 43.6 Å². The van der Waals surface area contributed by atoms with Gasteiger partial charge in [-0.1, -0.05) is 44.0 Å². The van der Waals surface area contributed by atoms with Crippen LogP contribution in [0.15, 0.2) is 42.5 Å². The molecule has 0 aliphatic rings. The number of hydrogen-bond donors (Lipinski definition) is 1. The minimum atomic E-state index is -0.205. The van der Waals surface area contributed by atoms with Crippen LogP contribution in [0.4, 0.5) is 0 Å². The summed E-state index contributed by atoms with van der Waals surface area (Å²) in [5.74, 6) is 1.65. The van der Waals surface area contributed by atoms with Crippen molar-refractivity contribution in [3.05, 3.63) is 53.6 Å². The molecule has 0 saturated carbocycles. The molecule has 0 radical (unpaired) electrons. The van der Waals surface area contributed by atoms with Gasteiger partial charge in [0, 0.05) is 19.4 Å². The zero-order valence-corrected chi connectivity index (χ0v) is 20.3. The van der Waals surface area contributed by atoms with Crippen LogP contribution in [0.1, 0.15) is 35.7 Å². The van der Waals surface area contributed by atoms with E-state index in [-0.39, 0.29) is 34.5 Å². The van der Waals surface area contributed by atoms with Gasteiger partial charge in [-0.3, -0.25) is 9.59 Å². The Morgan fingerprint density at radius 3 is 2.23 bits per heavy atom. The number of carbonyl (C=O) groups excluding carboxylic acids is 2. The van der Waals surface area contributed by atoms with Crippen LogP contribution in [0.3, 0.4) is 0 Å². The van der Waals surface area contributed by atoms with E-state index in [2.05, 4.69) is 37.2 Å². The van der Waals surface area contributed by atoms with Crippen LogP contribution in [-0.2, 0) is 11.4 Å². The molecule has 2 rings (SSSR count). The van der Waals surface area contributed by atoms with Crippen LogP contribution in [0.25, 0.3) is 0 Å². The standard InChI is InChI=1S/C22H25Br2NO5/c1-14(26)25-19(22(23)24)8-9-20(27)18-6-4-5-7-21(18)30-13-15-10-16(28-2)12-17(11-15)29-3/h4-7,10-12,19,22H,8-9,13H2,1-3H3,(H,25,26). The smallest absolute Gasteiger partial charge is 0.217 e. The average molecular weight is 543 g/mol. The van der Waals surface area contributed by atoms with Gasteiger partial charge in [0.25, 0.3) is 0 Å². The molecule has 30 heavy (non-hydrogen) atoms. The predicted molar refractivity (Wildman–Crippen MR) is 123 cm³/mol. The molecule has 0 heterocycles. The maximum Gasteiger partial charge on any atom is 0.217 e. The molecule has 1 unspecified atom stereocenters. The van der Waals surface area contributed by atoms with Gasteiger partial charge in [-0.2, -0.15) is 0 Å². The van der Waals surface area contributed by atoms with Gasteiger partial charge in [0.15, 0.2) is 5.78 Å². The van der Waals surface area contributed by atoms with Gasteiger partial charge >= 0.3 is 0 Å². The SMILES string of the molecule is COc1cc(COc2ccccc2C(=O)CCC(NC(C)=O)C(Br)Br)cc(OC)c1. The molecule has 2 aromatic carbocycles. The number of rotatable bonds is 11. The molecule has 0 aromatic heterocycles. The third-order valence-electron chi connectivity index (χ3n) is 4.37. The minimum absolute atomic E-state index is 0.0511. The molecule has 0 fully saturated rings. The Morgan fingerprint density at radius 1 is 1.03 bits per heavy atom. The number of nitrogens with one attached hydrogen (secondary N) is 1. The van der Waals surface area contributed by atoms with Gasteiger partial charge < -0.3 is 19.5 Å². The molecule has 0 saturated heterocycles. The third-order valence-corrected chi connectivity index (χ3v) is 5.64. The highest BCUT2D eigenvalue weighted by atomic mass is 79.9. The van der Waals surface area contributed by atoms with E-state index >= 15 is 0 Å². The van der Waals surface area contributed by atoms with Crippen LogP contribution in [0.2, 0.25) is 0 Å². The summed E-state index contributed by atoms with van der Waals surface area (Å²) in [5.41, 5.74) is 1.37. The third kappa shape index (κ3) is 7.32. The van der Waals surface area contributed by atoms with E-state index in [4.69, 9.17) is 14.2 Å². The van der Waals surface area contributed by atoms with Crippen LogP contribution in [0, 0.1) is 0 Å². The molecule has 1 amide bonds. The Balaban J connectivity index is 2.08. The first kappa shape index (κ1) is 24.2. The van der Waals surface area contributed by atoms with E-state index in [1.807, 2.05) is 18.2 Å². The summed E-state index contributed by atoms with van der Waals surface area (Å²) in [6, 6.07) is 12.4. The second-order valence-electron chi connectivity index (χ2n) is 6.61. The zero-order valence-electron chi connectivity index (χ0n) is 17.1. The van der Waals surface area contributed by atoms with E-state index in [0.717, 1.165) is 5.56 Å². The lowest BCUT2D eigenvalue weighted by Crippen LogP contribution is -2.37. The number of Topliss-reactive ketones (excluding diaryl/α,β-unsaturated/α-hetero) is 1. The first-order valence-electron chi connectivity index (χ1n) is 9.36. The first-order chi connectivity index (χ1) is 14.3. The van der Waals surface area contributed by atoms with Crippen molar-refractivity contribution in [3.8, 4) is 17.2 Å². The van der Waals surface area contributed by atoms with Crippen LogP contribution >= 0.6 is 31.9 Å². The summed E-state index contributed by atoms with van der Waals surface area (Å²) in [6.45, 7) is 1.71. The predicted octanol–water partition coefficient (Wildman–Crippen LogP) is 4.87. The number of alkyl halides is 2. The lowest BCUT2D eigenvalue weighted by molar-refractivity contribution is -0.119. The van der Waals surface area contributed by atoms with E-state index in [1.165, 1.54) is 6.92 Å². The number of halogens is 2. The van der Waals surface area contributed by atoms with Gasteiger partial charge in [-0.25, -0.2) is 0 Å². The number of methoxy groups -OCH3 is 2. The van der Waals surface area contributed by atoms with Crippen molar-refractivity contribution in [2.45, 2.75) is 36.2 Å². The Hall–Kier alpha value is -2.06. The fourth-order valence-corrected chi connectivity index (χ4v) is 3.67. The molecular weight excluding hydrogens is 518 g/mol. The summed E-state index contributed by atoms with van der Waals surface area (Å²) in [5, 5.41) is 2.83. The maximum absolute atomic E-state index is 12.8. The highest BCUT2D eigenvalue weighted by Crippen LogP contribution is 2.26. The molecule has 162 valence electrons. The van der Waals surface area contributed by atoms with E-state index in [0.29, 0.717) is 29.2 Å². The van der Waals surface area contributed by atoms with Crippen molar-refractivity contribution in [2.75, 3.05) is 14.2 Å². The molecule has 2 aromatic rings. The Morgan fingerprint density at radius 2 is 1.67 bits per heavy atom. The van der Waals surface area contributed by atoms with Crippen LogP contribution in [-0.4, -0.2) is 35.7 Å². The lowest BCUT2D eigenvalue weighted by Gasteiger charge is -2.19. The zero-order chi connectivity index (χ0) is 22.1. The van der Waals surface area contributed by atoms with Crippen molar-refractivity contribution in [1.29, 1.82) is 0 Å². The Labute approximate surface area is 193 Å². The molecule has 0 aliphatic heterocycles. The number of ketones is 1. The van der Waals surface area contributed by atoms with Crippen molar-refractivity contribution in [2.24, 2.45) is 0 Å². The number of benzene rings is 2. The van der Waals surface area contributed by atoms with Gasteiger partial charge in [-0.15, -0.1) is 0 Å². The van der Waals surface area contributed by atoms with Crippen LogP contribution < -0.4 is 19.5 Å². The molecule has 0 spiro atoms. The summed E-state index contributed by atoms with van der Waals surface area (Å²) in [4.78, 5) is 24.2. The summed E-state index contributed by atoms with van der Waals surface area (Å²) in [6.07, 6.45) is 0.757. The number of amides is 1. The number of ether oxygens (including phenoxy) is 3. The summed E-state index contributed by atoms with van der Waals surface area (Å²) >= 11 is 6.82. The quantitative estimate of drug-likeness (QED) is 0.324. The summed E-state index contributed by atoms with van der Waals surface area (Å²) in [7, 11) is 3.18. The van der Waals surface area contributed by atoms with Crippen molar-refractivity contribution < 1.29 is 23.8 Å². The molecule has 1 N–H and O–H groups in total. The van der Waals surface area contributed by atoms with E-state index in [1.54, 1.807) is 38.5 Å². The van der Waals surface area contributed by atoms with Gasteiger partial charge in [0.2, 0.25) is 5.91 Å². The van der Waals surface area contributed by atoms with Crippen molar-refractivity contribution in [3.63, 3.8) is 0 Å². The van der Waals surface area contributed by atoms with Gasteiger partial charge in [-0.05, 0) is 36.2 Å². The highest BCUT2D eigenvalue weighted by molar-refractivity contribution is 9.24. The molecule has 1 atom stereocenters. The first-order valence-corrected chi connectivity index (χ1v) is 11.2. The monoisotopic (exact) mass is 541 g/mol. The minimum Gasteiger partial charge on any atom is -0.497 e. The second kappa shape index (κ2) is 12.0. The molecular formula is C22H25Br2NO5. The number of hydrogen-bond acceptors (Lipinski definition) is 5. The normalized spacial score (nSPS) is 11.7. The number of para-hydroxylation sites is 1. The lowest BCUT2D eigenvalue weighted by atomic mass is 10.0. The van der Waals surface area contributed by atoms with Gasteiger partial charge in [0.1, 0.15) is 23.9 Å². The van der Waals surface area contributed by atoms with Crippen molar-refractivity contribution in [1.82, 2.24) is 5.32 Å². The maximum atomic E-state index is 12.8. The average Bonchev–Trinajstić information content (AvgIpc) is 2.74. The fraction of sp³-hybridized carbons (Fsp3) is 0.364. The second-order valence-corrected chi connectivity index (χ2v) is 9.81. The molecule has 8 heteroatoms. The summed E-state index contributed by atoms with van der Waals surface area (Å²) < 4.78 is 16.4. The topological polar surface area (TPSA) is 73.9 Å². The fourth-order valence-electron chi connectivity index (χ4n) is 2.88. The largest absolute Gasteiger partial charge is 0.497 e. The molecule has 0 aliphatic carbocycles. The van der Waals surface area contributed by atoms with E-state index in [9.17, 15) is 9.59 Å². The Kier molecular flexibility index (Phi) is 9.65. The molecule has 0 bridgehead atoms. The number of carbonyl (C=O) groups is 2. The highest BCUT2D eigenvalue weighted by Gasteiger charge is 2.20.